The standard InChI is InChI=1S/C12H20N2O.ClH/c1-4-14(5-2)10-6-7-11(9(3)13)12(15)8-10;/h6-9,15H,4-5,13H2,1-3H3;1H/t9-;/m0./s1. The average Bonchev–Trinajstić information content (AvgIpc) is 2.19. The maximum absolute atomic E-state index is 9.80. The Bertz CT molecular complexity index is 325. The number of aromatic hydroxyl groups is 1. The second-order valence-corrected chi connectivity index (χ2v) is 3.70. The molecule has 1 aromatic rings. The summed E-state index contributed by atoms with van der Waals surface area (Å²) < 4.78 is 0. The van der Waals surface area contributed by atoms with Crippen LogP contribution in [-0.2, 0) is 0 Å². The summed E-state index contributed by atoms with van der Waals surface area (Å²) in [6.07, 6.45) is 0. The Morgan fingerprint density at radius 2 is 1.88 bits per heavy atom. The number of nitrogens with zero attached hydrogens (tertiary/aromatic N) is 1. The number of phenols is 1. The third-order valence-corrected chi connectivity index (χ3v) is 2.63. The highest BCUT2D eigenvalue weighted by Gasteiger charge is 2.08. The molecule has 0 aliphatic rings. The van der Waals surface area contributed by atoms with E-state index in [4.69, 9.17) is 5.73 Å². The van der Waals surface area contributed by atoms with Gasteiger partial charge in [-0.25, -0.2) is 0 Å². The van der Waals surface area contributed by atoms with E-state index in [1.54, 1.807) is 6.07 Å². The summed E-state index contributed by atoms with van der Waals surface area (Å²) in [5, 5.41) is 9.80. The van der Waals surface area contributed by atoms with E-state index >= 15 is 0 Å². The molecule has 3 nitrogen and oxygen atoms in total. The highest BCUT2D eigenvalue weighted by molar-refractivity contribution is 5.85. The molecule has 0 radical (unpaired) electrons. The highest BCUT2D eigenvalue weighted by Crippen LogP contribution is 2.27. The van der Waals surface area contributed by atoms with Crippen LogP contribution in [0, 0.1) is 0 Å². The van der Waals surface area contributed by atoms with Gasteiger partial charge in [-0.2, -0.15) is 0 Å². The Labute approximate surface area is 104 Å². The molecule has 0 aliphatic heterocycles. The fourth-order valence-corrected chi connectivity index (χ4v) is 1.70. The number of benzene rings is 1. The molecule has 0 heterocycles. The number of rotatable bonds is 4. The molecule has 0 aliphatic carbocycles. The molecule has 0 bridgehead atoms. The molecule has 1 atom stereocenters. The Hall–Kier alpha value is -0.930. The largest absolute Gasteiger partial charge is 0.508 e. The summed E-state index contributed by atoms with van der Waals surface area (Å²) in [6.45, 7) is 7.94. The predicted molar refractivity (Wildman–Crippen MR) is 71.5 cm³/mol. The molecule has 0 saturated carbocycles. The summed E-state index contributed by atoms with van der Waals surface area (Å²) in [6, 6.07) is 5.56. The molecular weight excluding hydrogens is 224 g/mol. The van der Waals surface area contributed by atoms with Gasteiger partial charge in [0.15, 0.2) is 0 Å². The van der Waals surface area contributed by atoms with Crippen LogP contribution in [-0.4, -0.2) is 18.2 Å². The number of hydrogen-bond donors (Lipinski definition) is 2. The molecule has 3 N–H and O–H groups in total. The molecule has 0 unspecified atom stereocenters. The van der Waals surface area contributed by atoms with Gasteiger partial charge in [0.1, 0.15) is 5.75 Å². The first-order chi connectivity index (χ1) is 7.10. The fraction of sp³-hybridized carbons (Fsp3) is 0.500. The third kappa shape index (κ3) is 3.29. The van der Waals surface area contributed by atoms with Crippen molar-refractivity contribution < 1.29 is 5.11 Å². The topological polar surface area (TPSA) is 49.5 Å². The Kier molecular flexibility index (Phi) is 6.22. The van der Waals surface area contributed by atoms with E-state index in [-0.39, 0.29) is 24.2 Å². The van der Waals surface area contributed by atoms with Crippen LogP contribution in [0.25, 0.3) is 0 Å². The minimum atomic E-state index is -0.129. The lowest BCUT2D eigenvalue weighted by Gasteiger charge is -2.22. The van der Waals surface area contributed by atoms with Crippen LogP contribution < -0.4 is 10.6 Å². The normalized spacial score (nSPS) is 11.8. The number of anilines is 1. The van der Waals surface area contributed by atoms with Crippen molar-refractivity contribution in [2.24, 2.45) is 5.73 Å². The zero-order valence-electron chi connectivity index (χ0n) is 10.1. The van der Waals surface area contributed by atoms with Gasteiger partial charge in [0, 0.05) is 36.4 Å². The first-order valence-corrected chi connectivity index (χ1v) is 5.43. The Morgan fingerprint density at radius 1 is 1.31 bits per heavy atom. The van der Waals surface area contributed by atoms with Crippen molar-refractivity contribution in [1.29, 1.82) is 0 Å². The van der Waals surface area contributed by atoms with Gasteiger partial charge >= 0.3 is 0 Å². The second kappa shape index (κ2) is 6.61. The van der Waals surface area contributed by atoms with E-state index in [1.165, 1.54) is 0 Å². The van der Waals surface area contributed by atoms with Gasteiger partial charge in [-0.3, -0.25) is 0 Å². The molecule has 0 spiro atoms. The summed E-state index contributed by atoms with van der Waals surface area (Å²) in [5.41, 5.74) is 7.57. The van der Waals surface area contributed by atoms with Crippen molar-refractivity contribution >= 4 is 18.1 Å². The van der Waals surface area contributed by atoms with Crippen LogP contribution in [0.1, 0.15) is 32.4 Å². The van der Waals surface area contributed by atoms with E-state index in [0.717, 1.165) is 24.3 Å². The Morgan fingerprint density at radius 3 is 2.25 bits per heavy atom. The molecule has 0 amide bonds. The van der Waals surface area contributed by atoms with Crippen molar-refractivity contribution in [3.05, 3.63) is 23.8 Å². The molecule has 16 heavy (non-hydrogen) atoms. The summed E-state index contributed by atoms with van der Waals surface area (Å²) in [7, 11) is 0. The minimum Gasteiger partial charge on any atom is -0.508 e. The SMILES string of the molecule is CCN(CC)c1ccc([C@H](C)N)c(O)c1.Cl. The van der Waals surface area contributed by atoms with Crippen molar-refractivity contribution in [3.8, 4) is 5.75 Å². The molecular formula is C12H21ClN2O. The van der Waals surface area contributed by atoms with E-state index in [1.807, 2.05) is 19.1 Å². The average molecular weight is 245 g/mol. The van der Waals surface area contributed by atoms with Gasteiger partial charge in [-0.05, 0) is 26.8 Å². The van der Waals surface area contributed by atoms with Crippen molar-refractivity contribution in [2.45, 2.75) is 26.8 Å². The van der Waals surface area contributed by atoms with Gasteiger partial charge in [-0.15, -0.1) is 12.4 Å². The zero-order chi connectivity index (χ0) is 11.4. The third-order valence-electron chi connectivity index (χ3n) is 2.63. The summed E-state index contributed by atoms with van der Waals surface area (Å²) >= 11 is 0. The van der Waals surface area contributed by atoms with E-state index in [9.17, 15) is 5.11 Å². The van der Waals surface area contributed by atoms with Crippen LogP contribution in [0.15, 0.2) is 18.2 Å². The number of phenolic OH excluding ortho intramolecular Hbond substituents is 1. The minimum absolute atomic E-state index is 0. The number of hydrogen-bond acceptors (Lipinski definition) is 3. The lowest BCUT2D eigenvalue weighted by Crippen LogP contribution is -2.21. The zero-order valence-corrected chi connectivity index (χ0v) is 10.9. The smallest absolute Gasteiger partial charge is 0.122 e. The molecule has 1 rings (SSSR count). The van der Waals surface area contributed by atoms with Crippen molar-refractivity contribution in [2.75, 3.05) is 18.0 Å². The molecule has 92 valence electrons. The highest BCUT2D eigenvalue weighted by atomic mass is 35.5. The maximum Gasteiger partial charge on any atom is 0.122 e. The number of nitrogens with two attached hydrogens (primary N) is 1. The second-order valence-electron chi connectivity index (χ2n) is 3.70. The number of halogens is 1. The van der Waals surface area contributed by atoms with E-state index in [0.29, 0.717) is 0 Å². The van der Waals surface area contributed by atoms with Gasteiger partial charge in [0.05, 0.1) is 0 Å². The lowest BCUT2D eigenvalue weighted by molar-refractivity contribution is 0.463. The van der Waals surface area contributed by atoms with Crippen molar-refractivity contribution in [1.82, 2.24) is 0 Å². The molecule has 0 aromatic heterocycles. The monoisotopic (exact) mass is 244 g/mol. The molecule has 1 aromatic carbocycles. The first-order valence-electron chi connectivity index (χ1n) is 5.43. The van der Waals surface area contributed by atoms with Gasteiger partial charge < -0.3 is 15.7 Å². The quantitative estimate of drug-likeness (QED) is 0.856. The summed E-state index contributed by atoms with van der Waals surface area (Å²) in [4.78, 5) is 2.19. The van der Waals surface area contributed by atoms with Gasteiger partial charge in [-0.1, -0.05) is 6.07 Å². The van der Waals surface area contributed by atoms with Crippen LogP contribution in [0.2, 0.25) is 0 Å². The van der Waals surface area contributed by atoms with Gasteiger partial charge in [0.25, 0.3) is 0 Å². The fourth-order valence-electron chi connectivity index (χ4n) is 1.70. The Balaban J connectivity index is 0.00000225. The predicted octanol–water partition coefficient (Wildman–Crippen LogP) is 2.68. The van der Waals surface area contributed by atoms with Crippen LogP contribution in [0.4, 0.5) is 5.69 Å². The lowest BCUT2D eigenvalue weighted by atomic mass is 10.1. The summed E-state index contributed by atoms with van der Waals surface area (Å²) in [5.74, 6) is 0.286. The van der Waals surface area contributed by atoms with E-state index in [2.05, 4.69) is 18.7 Å². The maximum atomic E-state index is 9.80. The van der Waals surface area contributed by atoms with Crippen LogP contribution in [0.5, 0.6) is 5.75 Å². The van der Waals surface area contributed by atoms with E-state index < -0.39 is 0 Å². The first kappa shape index (κ1) is 15.1. The molecule has 0 fully saturated rings. The molecule has 4 heteroatoms. The van der Waals surface area contributed by atoms with Crippen LogP contribution in [0.3, 0.4) is 0 Å². The van der Waals surface area contributed by atoms with Crippen molar-refractivity contribution in [3.63, 3.8) is 0 Å². The van der Waals surface area contributed by atoms with Crippen LogP contribution >= 0.6 is 12.4 Å². The van der Waals surface area contributed by atoms with Gasteiger partial charge in [0.2, 0.25) is 0 Å². The molecule has 0 saturated heterocycles.